The Kier molecular flexibility index (Phi) is 12.2. The molecule has 0 saturated carbocycles. The molecule has 0 fully saturated rings. The van der Waals surface area contributed by atoms with Gasteiger partial charge in [0.2, 0.25) is 0 Å². The highest BCUT2D eigenvalue weighted by molar-refractivity contribution is 6.25. The van der Waals surface area contributed by atoms with Gasteiger partial charge in [-0.2, -0.15) is 0 Å². The molecule has 13 aromatic carbocycles. The van der Waals surface area contributed by atoms with Gasteiger partial charge in [0.25, 0.3) is 0 Å². The van der Waals surface area contributed by atoms with E-state index in [1.807, 2.05) is 0 Å². The van der Waals surface area contributed by atoms with Gasteiger partial charge in [0.15, 0.2) is 0 Å². The van der Waals surface area contributed by atoms with Gasteiger partial charge < -0.3 is 14.7 Å². The molecule has 0 N–H and O–H groups in total. The molecule has 0 unspecified atom stereocenters. The number of hydrogen-bond acceptors (Lipinski definition) is 3. The molecule has 0 saturated heterocycles. The Morgan fingerprint density at radius 3 is 0.975 bits per heavy atom. The van der Waals surface area contributed by atoms with Crippen molar-refractivity contribution in [3.8, 4) is 44.5 Å². The summed E-state index contributed by atoms with van der Waals surface area (Å²) in [4.78, 5) is 7.42. The number of benzene rings is 13. The van der Waals surface area contributed by atoms with Crippen molar-refractivity contribution in [2.75, 3.05) is 14.7 Å². The summed E-state index contributed by atoms with van der Waals surface area (Å²) in [6.07, 6.45) is 0. The largest absolute Gasteiger partial charge is 0.310 e. The van der Waals surface area contributed by atoms with E-state index in [4.69, 9.17) is 0 Å². The van der Waals surface area contributed by atoms with Gasteiger partial charge in [-0.1, -0.05) is 226 Å². The normalized spacial score (nSPS) is 12.2. The van der Waals surface area contributed by atoms with E-state index in [9.17, 15) is 0 Å². The van der Waals surface area contributed by atoms with Crippen LogP contribution < -0.4 is 14.7 Å². The molecule has 14 rings (SSSR count). The van der Waals surface area contributed by atoms with E-state index in [0.717, 1.165) is 72.7 Å². The maximum atomic E-state index is 2.54. The Hall–Kier alpha value is -10.2. The molecule has 3 nitrogen and oxygen atoms in total. The third kappa shape index (κ3) is 8.57. The van der Waals surface area contributed by atoms with Gasteiger partial charge in [-0.25, -0.2) is 0 Å². The zero-order valence-electron chi connectivity index (χ0n) is 44.8. The highest BCUT2D eigenvalue weighted by Gasteiger charge is 2.37. The number of nitrogens with zero attached hydrogens (tertiary/aromatic N) is 3. The van der Waals surface area contributed by atoms with E-state index in [1.54, 1.807) is 0 Å². The average molecular weight is 1020 g/mol. The van der Waals surface area contributed by atoms with Crippen LogP contribution in [0.1, 0.15) is 25.0 Å². The summed E-state index contributed by atoms with van der Waals surface area (Å²) in [5, 5.41) is 4.53. The van der Waals surface area contributed by atoms with Crippen molar-refractivity contribution in [1.82, 2.24) is 0 Å². The van der Waals surface area contributed by atoms with Crippen LogP contribution in [0.3, 0.4) is 0 Å². The molecule has 1 aliphatic rings. The second-order valence-corrected chi connectivity index (χ2v) is 21.3. The fourth-order valence-electron chi connectivity index (χ4n) is 12.3. The first kappa shape index (κ1) is 48.2. The lowest BCUT2D eigenvalue weighted by atomic mass is 9.81. The predicted molar refractivity (Wildman–Crippen MR) is 339 cm³/mol. The maximum absolute atomic E-state index is 2.54. The summed E-state index contributed by atoms with van der Waals surface area (Å²) in [6.45, 7) is 4.79. The van der Waals surface area contributed by atoms with Crippen LogP contribution in [0.15, 0.2) is 309 Å². The Labute approximate surface area is 469 Å². The van der Waals surface area contributed by atoms with Crippen molar-refractivity contribution in [2.45, 2.75) is 19.3 Å². The Balaban J connectivity index is 1.11. The van der Waals surface area contributed by atoms with Gasteiger partial charge in [0, 0.05) is 66.8 Å². The smallest absolute Gasteiger partial charge is 0.0620 e. The number of fused-ring (bicyclic) bond motifs is 5. The van der Waals surface area contributed by atoms with Gasteiger partial charge in [-0.05, 0) is 153 Å². The van der Waals surface area contributed by atoms with Crippen LogP contribution in [0.5, 0.6) is 0 Å². The summed E-state index contributed by atoms with van der Waals surface area (Å²) < 4.78 is 0. The molecule has 1 aliphatic carbocycles. The summed E-state index contributed by atoms with van der Waals surface area (Å²) in [6, 6.07) is 113. The molecule has 13 aromatic rings. The number of rotatable bonds is 12. The first-order valence-corrected chi connectivity index (χ1v) is 27.7. The SMILES string of the molecule is CC1(C)c2ccccc2-c2cc3c(N(c4ccccc4)c4ccc(-c5ccccc5)cc4)c4cc(N(c5ccccc5)c5ccc(-c6ccccc6)cc5)ccc4c(N(c4ccccc4)c4ccc(-c5ccccc5)cc4)c3cc21. The molecule has 0 heterocycles. The molecule has 0 amide bonds. The lowest BCUT2D eigenvalue weighted by molar-refractivity contribution is 0.661. The Bertz CT molecular complexity index is 4320. The number of para-hydroxylation sites is 3. The molecule has 380 valence electrons. The minimum atomic E-state index is -0.260. The van der Waals surface area contributed by atoms with Crippen molar-refractivity contribution < 1.29 is 0 Å². The summed E-state index contributed by atoms with van der Waals surface area (Å²) in [5.41, 5.74) is 21.7. The van der Waals surface area contributed by atoms with E-state index in [0.29, 0.717) is 0 Å². The molecule has 0 atom stereocenters. The first-order chi connectivity index (χ1) is 39.5. The van der Waals surface area contributed by atoms with E-state index < -0.39 is 0 Å². The van der Waals surface area contributed by atoms with Crippen molar-refractivity contribution in [2.24, 2.45) is 0 Å². The third-order valence-electron chi connectivity index (χ3n) is 16.2. The van der Waals surface area contributed by atoms with E-state index >= 15 is 0 Å². The van der Waals surface area contributed by atoms with Gasteiger partial charge >= 0.3 is 0 Å². The molecule has 0 aromatic heterocycles. The molecule has 0 bridgehead atoms. The Morgan fingerprint density at radius 2 is 0.525 bits per heavy atom. The van der Waals surface area contributed by atoms with E-state index in [1.165, 1.54) is 55.6 Å². The van der Waals surface area contributed by atoms with Crippen LogP contribution in [0.2, 0.25) is 0 Å². The molecule has 0 radical (unpaired) electrons. The number of anilines is 9. The fourth-order valence-corrected chi connectivity index (χ4v) is 12.3. The summed E-state index contributed by atoms with van der Waals surface area (Å²) in [7, 11) is 0. The van der Waals surface area contributed by atoms with Crippen LogP contribution in [0.4, 0.5) is 51.2 Å². The monoisotopic (exact) mass is 1020 g/mol. The average Bonchev–Trinajstić information content (AvgIpc) is 3.97. The van der Waals surface area contributed by atoms with Crippen molar-refractivity contribution >= 4 is 72.7 Å². The highest BCUT2D eigenvalue weighted by atomic mass is 15.2. The first-order valence-electron chi connectivity index (χ1n) is 27.7. The second-order valence-electron chi connectivity index (χ2n) is 21.3. The van der Waals surface area contributed by atoms with E-state index in [-0.39, 0.29) is 5.41 Å². The lowest BCUT2D eigenvalue weighted by Gasteiger charge is -2.34. The highest BCUT2D eigenvalue weighted by Crippen LogP contribution is 2.57. The minimum Gasteiger partial charge on any atom is -0.310 e. The molecular formula is C77H57N3. The van der Waals surface area contributed by atoms with Crippen LogP contribution in [-0.2, 0) is 5.41 Å². The van der Waals surface area contributed by atoms with E-state index in [2.05, 4.69) is 338 Å². The lowest BCUT2D eigenvalue weighted by Crippen LogP contribution is -2.17. The van der Waals surface area contributed by atoms with Crippen LogP contribution in [0.25, 0.3) is 66.1 Å². The topological polar surface area (TPSA) is 9.72 Å². The van der Waals surface area contributed by atoms with Crippen LogP contribution in [0, 0.1) is 0 Å². The van der Waals surface area contributed by atoms with Crippen LogP contribution in [-0.4, -0.2) is 0 Å². The quantitative estimate of drug-likeness (QED) is 0.0892. The van der Waals surface area contributed by atoms with Crippen LogP contribution >= 0.6 is 0 Å². The van der Waals surface area contributed by atoms with Gasteiger partial charge in [0.1, 0.15) is 0 Å². The maximum Gasteiger partial charge on any atom is 0.0620 e. The van der Waals surface area contributed by atoms with Crippen molar-refractivity contribution in [1.29, 1.82) is 0 Å². The predicted octanol–water partition coefficient (Wildman–Crippen LogP) is 21.7. The summed E-state index contributed by atoms with van der Waals surface area (Å²) >= 11 is 0. The third-order valence-corrected chi connectivity index (χ3v) is 16.2. The molecule has 80 heavy (non-hydrogen) atoms. The minimum absolute atomic E-state index is 0.260. The van der Waals surface area contributed by atoms with Gasteiger partial charge in [-0.15, -0.1) is 0 Å². The standard InChI is InChI=1S/C77H57N3/c1-77(2)73-36-22-21-35-67(73)69-52-71-72(53-74(69)77)75(79(61-31-17-7-18-32-61)64-45-39-58(40-46-64)55-25-11-4-12-26-55)68-50-49-66(78(60-29-15-6-16-30-60)63-43-37-57(38-44-63)54-23-9-3-10-24-54)51-70(68)76(71)80(62-33-19-8-20-34-62)65-47-41-59(42-48-65)56-27-13-5-14-28-56/h3-53H,1-2H3. The van der Waals surface area contributed by atoms with Gasteiger partial charge in [-0.3, -0.25) is 0 Å². The zero-order chi connectivity index (χ0) is 53.6. The molecule has 3 heteroatoms. The van der Waals surface area contributed by atoms with Crippen molar-refractivity contribution in [3.05, 3.63) is 321 Å². The Morgan fingerprint density at radius 1 is 0.212 bits per heavy atom. The fraction of sp³-hybridized carbons (Fsp3) is 0.0390. The molecule has 0 aliphatic heterocycles. The second kappa shape index (κ2) is 20.3. The summed E-state index contributed by atoms with van der Waals surface area (Å²) in [5.74, 6) is 0. The zero-order valence-corrected chi connectivity index (χ0v) is 44.8. The van der Waals surface area contributed by atoms with Gasteiger partial charge in [0.05, 0.1) is 11.4 Å². The molecule has 0 spiro atoms. The number of hydrogen-bond donors (Lipinski definition) is 0. The molecular weight excluding hydrogens is 967 g/mol. The van der Waals surface area contributed by atoms with Crippen molar-refractivity contribution in [3.63, 3.8) is 0 Å².